The number of ether oxygens (including phenoxy) is 1. The molecule has 176 valence electrons. The SMILES string of the molecule is CCOC(=O)[C@H]1CCCN(C(=O)c2cc3sc(Br)cc3n2Cc2ccc(C(C)(C)C)cc2)C1. The number of rotatable bonds is 5. The fourth-order valence-corrected chi connectivity index (χ4v) is 5.99. The van der Waals surface area contributed by atoms with Crippen molar-refractivity contribution in [3.8, 4) is 0 Å². The van der Waals surface area contributed by atoms with Crippen molar-refractivity contribution in [3.05, 3.63) is 57.0 Å². The van der Waals surface area contributed by atoms with Crippen molar-refractivity contribution in [2.45, 2.75) is 52.5 Å². The van der Waals surface area contributed by atoms with E-state index in [1.807, 2.05) is 17.9 Å². The van der Waals surface area contributed by atoms with Crippen LogP contribution in [0.25, 0.3) is 10.2 Å². The van der Waals surface area contributed by atoms with Gasteiger partial charge in [-0.1, -0.05) is 45.0 Å². The highest BCUT2D eigenvalue weighted by atomic mass is 79.9. The lowest BCUT2D eigenvalue weighted by atomic mass is 9.87. The Bertz CT molecular complexity index is 1160. The molecule has 1 fully saturated rings. The molecule has 3 heterocycles. The maximum Gasteiger partial charge on any atom is 0.310 e. The number of carbonyl (C=O) groups excluding carboxylic acids is 2. The number of aromatic nitrogens is 1. The van der Waals surface area contributed by atoms with Gasteiger partial charge in [-0.05, 0) is 64.4 Å². The summed E-state index contributed by atoms with van der Waals surface area (Å²) in [5.41, 5.74) is 4.27. The first-order valence-electron chi connectivity index (χ1n) is 11.5. The third-order valence-electron chi connectivity index (χ3n) is 6.27. The first-order chi connectivity index (χ1) is 15.7. The Balaban J connectivity index is 1.63. The van der Waals surface area contributed by atoms with E-state index in [1.54, 1.807) is 11.3 Å². The van der Waals surface area contributed by atoms with Crippen molar-refractivity contribution in [2.24, 2.45) is 5.92 Å². The van der Waals surface area contributed by atoms with Crippen LogP contribution in [0.1, 0.15) is 62.2 Å². The van der Waals surface area contributed by atoms with E-state index >= 15 is 0 Å². The van der Waals surface area contributed by atoms with E-state index in [-0.39, 0.29) is 23.2 Å². The normalized spacial score (nSPS) is 16.9. The number of thiophene rings is 1. The zero-order valence-electron chi connectivity index (χ0n) is 19.7. The van der Waals surface area contributed by atoms with E-state index in [0.717, 1.165) is 32.4 Å². The number of carbonyl (C=O) groups is 2. The summed E-state index contributed by atoms with van der Waals surface area (Å²) in [6.07, 6.45) is 1.58. The van der Waals surface area contributed by atoms with Crippen LogP contribution in [0.2, 0.25) is 0 Å². The molecule has 0 aliphatic carbocycles. The first kappa shape index (κ1) is 24.0. The van der Waals surface area contributed by atoms with Gasteiger partial charge in [-0.15, -0.1) is 11.3 Å². The maximum absolute atomic E-state index is 13.6. The maximum atomic E-state index is 13.6. The standard InChI is InChI=1S/C26H31BrN2O3S/c1-5-32-25(31)18-7-6-12-28(16-18)24(30)21-13-22-20(14-23(27)33-22)29(21)15-17-8-10-19(11-9-17)26(2,3)4/h8-11,13-14,18H,5-7,12,15-16H2,1-4H3/t18-/m0/s1. The van der Waals surface area contributed by atoms with Crippen LogP contribution in [0.15, 0.2) is 40.2 Å². The molecule has 1 atom stereocenters. The summed E-state index contributed by atoms with van der Waals surface area (Å²) >= 11 is 5.22. The number of fused-ring (bicyclic) bond motifs is 1. The minimum atomic E-state index is -0.244. The molecule has 1 amide bonds. The van der Waals surface area contributed by atoms with E-state index in [0.29, 0.717) is 31.9 Å². The van der Waals surface area contributed by atoms with Gasteiger partial charge >= 0.3 is 5.97 Å². The zero-order chi connectivity index (χ0) is 23.8. The highest BCUT2D eigenvalue weighted by Crippen LogP contribution is 2.34. The summed E-state index contributed by atoms with van der Waals surface area (Å²) < 4.78 is 9.45. The fourth-order valence-electron chi connectivity index (χ4n) is 4.43. The largest absolute Gasteiger partial charge is 0.466 e. The molecule has 2 aromatic heterocycles. The number of hydrogen-bond acceptors (Lipinski definition) is 4. The monoisotopic (exact) mass is 530 g/mol. The Morgan fingerprint density at radius 2 is 1.91 bits per heavy atom. The molecule has 0 radical (unpaired) electrons. The highest BCUT2D eigenvalue weighted by Gasteiger charge is 2.31. The van der Waals surface area contributed by atoms with Crippen LogP contribution in [0.4, 0.5) is 0 Å². The van der Waals surface area contributed by atoms with E-state index in [1.165, 1.54) is 5.56 Å². The van der Waals surface area contributed by atoms with Crippen molar-refractivity contribution in [3.63, 3.8) is 0 Å². The van der Waals surface area contributed by atoms with E-state index in [4.69, 9.17) is 4.74 Å². The highest BCUT2D eigenvalue weighted by molar-refractivity contribution is 9.11. The third kappa shape index (κ3) is 5.19. The van der Waals surface area contributed by atoms with Crippen LogP contribution in [-0.4, -0.2) is 41.0 Å². The Morgan fingerprint density at radius 3 is 2.58 bits per heavy atom. The molecular weight excluding hydrogens is 500 g/mol. The molecule has 0 unspecified atom stereocenters. The van der Waals surface area contributed by atoms with Gasteiger partial charge < -0.3 is 14.2 Å². The number of likely N-dealkylation sites (tertiary alicyclic amines) is 1. The van der Waals surface area contributed by atoms with Crippen molar-refractivity contribution in [1.29, 1.82) is 0 Å². The number of halogens is 1. The van der Waals surface area contributed by atoms with Gasteiger partial charge in [0, 0.05) is 19.6 Å². The molecule has 0 N–H and O–H groups in total. The van der Waals surface area contributed by atoms with Gasteiger partial charge in [-0.25, -0.2) is 0 Å². The van der Waals surface area contributed by atoms with Gasteiger partial charge in [0.05, 0.1) is 26.5 Å². The molecule has 0 saturated carbocycles. The Kier molecular flexibility index (Phi) is 7.01. The lowest BCUT2D eigenvalue weighted by Gasteiger charge is -2.31. The topological polar surface area (TPSA) is 51.5 Å². The predicted octanol–water partition coefficient (Wildman–Crippen LogP) is 6.23. The van der Waals surface area contributed by atoms with E-state index < -0.39 is 0 Å². The molecular formula is C26H31BrN2O3S. The number of nitrogens with zero attached hydrogens (tertiary/aromatic N) is 2. The van der Waals surface area contributed by atoms with Crippen LogP contribution < -0.4 is 0 Å². The Hall–Kier alpha value is -2.12. The van der Waals surface area contributed by atoms with E-state index in [9.17, 15) is 9.59 Å². The first-order valence-corrected chi connectivity index (χ1v) is 13.1. The van der Waals surface area contributed by atoms with Crippen LogP contribution in [0.3, 0.4) is 0 Å². The summed E-state index contributed by atoms with van der Waals surface area (Å²) in [6, 6.07) is 12.7. The van der Waals surface area contributed by atoms with Gasteiger partial charge in [0.2, 0.25) is 0 Å². The lowest BCUT2D eigenvalue weighted by Crippen LogP contribution is -2.43. The van der Waals surface area contributed by atoms with Crippen molar-refractivity contribution < 1.29 is 14.3 Å². The van der Waals surface area contributed by atoms with Gasteiger partial charge in [-0.2, -0.15) is 0 Å². The Morgan fingerprint density at radius 1 is 1.18 bits per heavy atom. The molecule has 5 nitrogen and oxygen atoms in total. The van der Waals surface area contributed by atoms with Gasteiger partial charge in [0.25, 0.3) is 5.91 Å². The molecule has 0 bridgehead atoms. The van der Waals surface area contributed by atoms with Gasteiger partial charge in [0.15, 0.2) is 0 Å². The average molecular weight is 532 g/mol. The number of hydrogen-bond donors (Lipinski definition) is 0. The van der Waals surface area contributed by atoms with Crippen LogP contribution in [-0.2, 0) is 21.5 Å². The summed E-state index contributed by atoms with van der Waals surface area (Å²) in [4.78, 5) is 27.7. The predicted molar refractivity (Wildman–Crippen MR) is 137 cm³/mol. The number of benzene rings is 1. The zero-order valence-corrected chi connectivity index (χ0v) is 22.1. The molecule has 33 heavy (non-hydrogen) atoms. The molecule has 0 spiro atoms. The summed E-state index contributed by atoms with van der Waals surface area (Å²) in [5, 5.41) is 0. The van der Waals surface area contributed by atoms with Crippen molar-refractivity contribution in [2.75, 3.05) is 19.7 Å². The minimum Gasteiger partial charge on any atom is -0.466 e. The van der Waals surface area contributed by atoms with Gasteiger partial charge in [-0.3, -0.25) is 9.59 Å². The van der Waals surface area contributed by atoms with Crippen LogP contribution >= 0.6 is 27.3 Å². The van der Waals surface area contributed by atoms with Crippen molar-refractivity contribution >= 4 is 49.4 Å². The third-order valence-corrected chi connectivity index (χ3v) is 7.84. The molecule has 1 aromatic carbocycles. The number of amides is 1. The summed E-state index contributed by atoms with van der Waals surface area (Å²) in [7, 11) is 0. The van der Waals surface area contributed by atoms with Crippen LogP contribution in [0, 0.1) is 5.92 Å². The quantitative estimate of drug-likeness (QED) is 0.367. The molecule has 1 aliphatic heterocycles. The van der Waals surface area contributed by atoms with Crippen molar-refractivity contribution in [1.82, 2.24) is 9.47 Å². The fraction of sp³-hybridized carbons (Fsp3) is 0.462. The average Bonchev–Trinajstić information content (AvgIpc) is 3.30. The Labute approximate surface area is 207 Å². The smallest absolute Gasteiger partial charge is 0.310 e. The molecule has 3 aromatic rings. The second-order valence-electron chi connectivity index (χ2n) is 9.71. The molecule has 4 rings (SSSR count). The second kappa shape index (κ2) is 9.63. The van der Waals surface area contributed by atoms with E-state index in [2.05, 4.69) is 71.6 Å². The van der Waals surface area contributed by atoms with Crippen LogP contribution in [0.5, 0.6) is 0 Å². The minimum absolute atomic E-state index is 0.0187. The molecule has 7 heteroatoms. The molecule has 1 saturated heterocycles. The second-order valence-corrected chi connectivity index (χ2v) is 12.2. The molecule has 1 aliphatic rings. The summed E-state index contributed by atoms with van der Waals surface area (Å²) in [6.45, 7) is 10.5. The number of piperidine rings is 1. The lowest BCUT2D eigenvalue weighted by molar-refractivity contribution is -0.149. The van der Waals surface area contributed by atoms with Gasteiger partial charge in [0.1, 0.15) is 5.69 Å². The summed E-state index contributed by atoms with van der Waals surface area (Å²) in [5.74, 6) is -0.463. The number of esters is 1.